The van der Waals surface area contributed by atoms with Crippen molar-refractivity contribution >= 4 is 11.5 Å². The summed E-state index contributed by atoms with van der Waals surface area (Å²) >= 11 is 0. The smallest absolute Gasteiger partial charge is 0.278 e. The summed E-state index contributed by atoms with van der Waals surface area (Å²) in [5.41, 5.74) is 6.42. The molecule has 0 aliphatic rings. The van der Waals surface area contributed by atoms with E-state index in [4.69, 9.17) is 10.5 Å². The minimum absolute atomic E-state index is 0.0475. The third-order valence-corrected chi connectivity index (χ3v) is 2.26. The fraction of sp³-hybridized carbons (Fsp3) is 0.0833. The van der Waals surface area contributed by atoms with Gasteiger partial charge in [-0.2, -0.15) is 4.98 Å². The first-order valence-corrected chi connectivity index (χ1v) is 5.21. The molecule has 0 unspecified atom stereocenters. The molecular formula is C12H11N3O3. The zero-order chi connectivity index (χ0) is 13.1. The van der Waals surface area contributed by atoms with Gasteiger partial charge in [-0.1, -0.05) is 17.7 Å². The van der Waals surface area contributed by atoms with E-state index in [1.165, 1.54) is 12.1 Å². The molecule has 6 nitrogen and oxygen atoms in total. The summed E-state index contributed by atoms with van der Waals surface area (Å²) in [6.07, 6.45) is 0. The van der Waals surface area contributed by atoms with Gasteiger partial charge in [-0.05, 0) is 19.1 Å². The lowest BCUT2D eigenvalue weighted by molar-refractivity contribution is -0.384. The number of nitrogen functional groups attached to an aromatic ring is 1. The molecule has 0 saturated heterocycles. The maximum atomic E-state index is 10.7. The molecule has 0 saturated carbocycles. The Morgan fingerprint density at radius 2 is 1.94 bits per heavy atom. The van der Waals surface area contributed by atoms with Crippen molar-refractivity contribution in [2.75, 3.05) is 5.73 Å². The van der Waals surface area contributed by atoms with Gasteiger partial charge in [0.15, 0.2) is 0 Å². The predicted molar refractivity (Wildman–Crippen MR) is 66.6 cm³/mol. The van der Waals surface area contributed by atoms with Gasteiger partial charge in [-0.25, -0.2) is 0 Å². The van der Waals surface area contributed by atoms with Crippen LogP contribution in [0.5, 0.6) is 11.6 Å². The number of nitrogens with zero attached hydrogens (tertiary/aromatic N) is 2. The first-order valence-electron chi connectivity index (χ1n) is 5.21. The second-order valence-corrected chi connectivity index (χ2v) is 3.76. The van der Waals surface area contributed by atoms with Gasteiger partial charge >= 0.3 is 0 Å². The highest BCUT2D eigenvalue weighted by Crippen LogP contribution is 2.25. The van der Waals surface area contributed by atoms with Crippen LogP contribution in [0, 0.1) is 17.0 Å². The highest BCUT2D eigenvalue weighted by Gasteiger charge is 2.11. The number of rotatable bonds is 3. The molecule has 18 heavy (non-hydrogen) atoms. The van der Waals surface area contributed by atoms with E-state index in [1.807, 2.05) is 19.1 Å². The van der Waals surface area contributed by atoms with Gasteiger partial charge < -0.3 is 10.5 Å². The van der Waals surface area contributed by atoms with Crippen molar-refractivity contribution in [3.63, 3.8) is 0 Å². The molecule has 0 amide bonds. The Morgan fingerprint density at radius 3 is 2.56 bits per heavy atom. The van der Waals surface area contributed by atoms with E-state index in [9.17, 15) is 10.1 Å². The third-order valence-electron chi connectivity index (χ3n) is 2.26. The second kappa shape index (κ2) is 4.70. The summed E-state index contributed by atoms with van der Waals surface area (Å²) in [5.74, 6) is 0.699. The van der Waals surface area contributed by atoms with Crippen molar-refractivity contribution in [1.29, 1.82) is 0 Å². The van der Waals surface area contributed by atoms with Crippen LogP contribution in [-0.2, 0) is 0 Å². The molecule has 0 fully saturated rings. The van der Waals surface area contributed by atoms with Crippen LogP contribution in [0.3, 0.4) is 0 Å². The van der Waals surface area contributed by atoms with Crippen molar-refractivity contribution in [2.24, 2.45) is 0 Å². The van der Waals surface area contributed by atoms with Crippen molar-refractivity contribution in [3.8, 4) is 11.6 Å². The Labute approximate surface area is 103 Å². The SMILES string of the molecule is Cc1ccc(Oc2cc([N+](=O)[O-])cc(N)n2)cc1. The fourth-order valence-electron chi connectivity index (χ4n) is 1.40. The maximum Gasteiger partial charge on any atom is 0.278 e. The van der Waals surface area contributed by atoms with E-state index in [2.05, 4.69) is 4.98 Å². The van der Waals surface area contributed by atoms with Gasteiger partial charge in [0.2, 0.25) is 5.88 Å². The molecule has 1 heterocycles. The van der Waals surface area contributed by atoms with Crippen LogP contribution in [0.2, 0.25) is 0 Å². The topological polar surface area (TPSA) is 91.3 Å². The van der Waals surface area contributed by atoms with Gasteiger partial charge in [0.05, 0.1) is 17.1 Å². The third kappa shape index (κ3) is 2.73. The summed E-state index contributed by atoms with van der Waals surface area (Å²) in [4.78, 5) is 14.0. The molecule has 2 aromatic rings. The number of aryl methyl sites for hydroxylation is 1. The number of pyridine rings is 1. The van der Waals surface area contributed by atoms with Gasteiger partial charge in [-0.3, -0.25) is 10.1 Å². The number of aromatic nitrogens is 1. The van der Waals surface area contributed by atoms with E-state index in [1.54, 1.807) is 12.1 Å². The van der Waals surface area contributed by atoms with Crippen LogP contribution < -0.4 is 10.5 Å². The zero-order valence-electron chi connectivity index (χ0n) is 9.66. The summed E-state index contributed by atoms with van der Waals surface area (Å²) in [6, 6.07) is 9.67. The highest BCUT2D eigenvalue weighted by molar-refractivity contribution is 5.46. The standard InChI is InChI=1S/C12H11N3O3/c1-8-2-4-10(5-3-8)18-12-7-9(15(16)17)6-11(13)14-12/h2-7H,1H3,(H2,13,14). The van der Waals surface area contributed by atoms with Crippen LogP contribution in [0.25, 0.3) is 0 Å². The van der Waals surface area contributed by atoms with Crippen LogP contribution in [0.1, 0.15) is 5.56 Å². The quantitative estimate of drug-likeness (QED) is 0.663. The molecule has 0 bridgehead atoms. The fourth-order valence-corrected chi connectivity index (χ4v) is 1.40. The number of ether oxygens (including phenoxy) is 1. The number of nitro groups is 1. The Balaban J connectivity index is 2.28. The minimum atomic E-state index is -0.542. The summed E-state index contributed by atoms with van der Waals surface area (Å²) < 4.78 is 5.41. The molecule has 92 valence electrons. The molecule has 1 aromatic heterocycles. The van der Waals surface area contributed by atoms with Gasteiger partial charge in [0.1, 0.15) is 11.6 Å². The Kier molecular flexibility index (Phi) is 3.09. The van der Waals surface area contributed by atoms with Crippen LogP contribution >= 0.6 is 0 Å². The molecular weight excluding hydrogens is 234 g/mol. The van der Waals surface area contributed by atoms with E-state index in [0.717, 1.165) is 5.56 Å². The van der Waals surface area contributed by atoms with Crippen molar-refractivity contribution in [3.05, 3.63) is 52.1 Å². The summed E-state index contributed by atoms with van der Waals surface area (Å²) in [6.45, 7) is 1.95. The molecule has 0 aliphatic carbocycles. The van der Waals surface area contributed by atoms with Gasteiger partial charge in [-0.15, -0.1) is 0 Å². The molecule has 6 heteroatoms. The second-order valence-electron chi connectivity index (χ2n) is 3.76. The first-order chi connectivity index (χ1) is 8.54. The van der Waals surface area contributed by atoms with Gasteiger partial charge in [0.25, 0.3) is 5.69 Å². The average Bonchev–Trinajstić information content (AvgIpc) is 2.31. The maximum absolute atomic E-state index is 10.7. The molecule has 0 spiro atoms. The van der Waals surface area contributed by atoms with E-state index >= 15 is 0 Å². The molecule has 0 radical (unpaired) electrons. The molecule has 0 aliphatic heterocycles. The predicted octanol–water partition coefficient (Wildman–Crippen LogP) is 2.67. The lowest BCUT2D eigenvalue weighted by Gasteiger charge is -2.05. The van der Waals surface area contributed by atoms with Crippen LogP contribution in [0.4, 0.5) is 11.5 Å². The van der Waals surface area contributed by atoms with Gasteiger partial charge in [0, 0.05) is 0 Å². The van der Waals surface area contributed by atoms with Crippen molar-refractivity contribution < 1.29 is 9.66 Å². The number of benzene rings is 1. The van der Waals surface area contributed by atoms with Crippen molar-refractivity contribution in [1.82, 2.24) is 4.98 Å². The van der Waals surface area contributed by atoms with E-state index < -0.39 is 4.92 Å². The number of nitrogens with two attached hydrogens (primary N) is 1. The minimum Gasteiger partial charge on any atom is -0.439 e. The Bertz CT molecular complexity index is 582. The van der Waals surface area contributed by atoms with Crippen LogP contribution in [0.15, 0.2) is 36.4 Å². The van der Waals surface area contributed by atoms with Crippen molar-refractivity contribution in [2.45, 2.75) is 6.92 Å². The zero-order valence-corrected chi connectivity index (χ0v) is 9.66. The number of hydrogen-bond donors (Lipinski definition) is 1. The normalized spacial score (nSPS) is 10.1. The molecule has 1 aromatic carbocycles. The Morgan fingerprint density at radius 1 is 1.28 bits per heavy atom. The molecule has 2 rings (SSSR count). The number of anilines is 1. The Hall–Kier alpha value is -2.63. The van der Waals surface area contributed by atoms with E-state index in [-0.39, 0.29) is 17.4 Å². The molecule has 0 atom stereocenters. The summed E-state index contributed by atoms with van der Waals surface area (Å²) in [5, 5.41) is 10.7. The largest absolute Gasteiger partial charge is 0.439 e. The first kappa shape index (κ1) is 11.8. The summed E-state index contributed by atoms with van der Waals surface area (Å²) in [7, 11) is 0. The monoisotopic (exact) mass is 245 g/mol. The number of hydrogen-bond acceptors (Lipinski definition) is 5. The van der Waals surface area contributed by atoms with Crippen LogP contribution in [-0.4, -0.2) is 9.91 Å². The average molecular weight is 245 g/mol. The lowest BCUT2D eigenvalue weighted by Crippen LogP contribution is -1.97. The molecule has 2 N–H and O–H groups in total. The highest BCUT2D eigenvalue weighted by atomic mass is 16.6. The van der Waals surface area contributed by atoms with E-state index in [0.29, 0.717) is 5.75 Å². The lowest BCUT2D eigenvalue weighted by atomic mass is 10.2.